The summed E-state index contributed by atoms with van der Waals surface area (Å²) < 4.78 is 0. The van der Waals surface area contributed by atoms with Crippen molar-refractivity contribution in [3.8, 4) is 6.07 Å². The summed E-state index contributed by atoms with van der Waals surface area (Å²) in [4.78, 5) is 4.32. The highest BCUT2D eigenvalue weighted by Gasteiger charge is 2.11. The van der Waals surface area contributed by atoms with Crippen LogP contribution in [0.15, 0.2) is 54.6 Å². The van der Waals surface area contributed by atoms with Crippen LogP contribution in [-0.2, 0) is 6.54 Å². The Hall–Kier alpha value is -2.35. The van der Waals surface area contributed by atoms with Gasteiger partial charge in [0, 0.05) is 38.4 Å². The smallest absolute Gasteiger partial charge is 0.0640 e. The number of rotatable bonds is 9. The molecule has 132 valence electrons. The quantitative estimate of drug-likeness (QED) is 0.762. The molecule has 4 nitrogen and oxygen atoms in total. The molecule has 2 aromatic rings. The second kappa shape index (κ2) is 9.83. The van der Waals surface area contributed by atoms with Crippen molar-refractivity contribution in [1.82, 2.24) is 10.2 Å². The van der Waals surface area contributed by atoms with E-state index in [9.17, 15) is 0 Å². The summed E-state index contributed by atoms with van der Waals surface area (Å²) in [5.41, 5.74) is 3.72. The van der Waals surface area contributed by atoms with Crippen LogP contribution >= 0.6 is 0 Å². The van der Waals surface area contributed by atoms with E-state index in [-0.39, 0.29) is 0 Å². The molecule has 1 unspecified atom stereocenters. The van der Waals surface area contributed by atoms with Crippen LogP contribution in [-0.4, -0.2) is 39.1 Å². The Morgan fingerprint density at radius 2 is 1.68 bits per heavy atom. The second-order valence-corrected chi connectivity index (χ2v) is 6.60. The maximum atomic E-state index is 8.70. The van der Waals surface area contributed by atoms with E-state index in [0.29, 0.717) is 12.5 Å². The van der Waals surface area contributed by atoms with Crippen molar-refractivity contribution in [2.45, 2.75) is 19.0 Å². The van der Waals surface area contributed by atoms with Gasteiger partial charge in [-0.15, -0.1) is 0 Å². The molecule has 0 aliphatic carbocycles. The lowest BCUT2D eigenvalue weighted by molar-refractivity contribution is 0.340. The van der Waals surface area contributed by atoms with Crippen LogP contribution in [0.2, 0.25) is 0 Å². The van der Waals surface area contributed by atoms with Gasteiger partial charge >= 0.3 is 0 Å². The first kappa shape index (κ1) is 19.0. The average molecular weight is 336 g/mol. The van der Waals surface area contributed by atoms with Crippen molar-refractivity contribution in [3.05, 3.63) is 65.7 Å². The molecule has 0 radical (unpaired) electrons. The summed E-state index contributed by atoms with van der Waals surface area (Å²) in [5, 5.41) is 12.4. The van der Waals surface area contributed by atoms with E-state index < -0.39 is 0 Å². The minimum absolute atomic E-state index is 0.300. The molecule has 4 heteroatoms. The van der Waals surface area contributed by atoms with E-state index in [0.717, 1.165) is 25.3 Å². The first-order valence-corrected chi connectivity index (χ1v) is 8.70. The van der Waals surface area contributed by atoms with E-state index in [2.05, 4.69) is 89.9 Å². The molecule has 0 fully saturated rings. The first-order valence-electron chi connectivity index (χ1n) is 8.70. The lowest BCUT2D eigenvalue weighted by Crippen LogP contribution is -2.30. The fourth-order valence-electron chi connectivity index (χ4n) is 2.79. The molecule has 0 aliphatic rings. The highest BCUT2D eigenvalue weighted by molar-refractivity contribution is 5.46. The third kappa shape index (κ3) is 6.22. The van der Waals surface area contributed by atoms with Gasteiger partial charge in [-0.3, -0.25) is 0 Å². The zero-order chi connectivity index (χ0) is 18.1. The Kier molecular flexibility index (Phi) is 7.46. The van der Waals surface area contributed by atoms with Gasteiger partial charge in [-0.2, -0.15) is 5.26 Å². The number of hydrogen-bond donors (Lipinski definition) is 1. The molecule has 0 aromatic heterocycles. The van der Waals surface area contributed by atoms with Crippen molar-refractivity contribution in [3.63, 3.8) is 0 Å². The molecule has 0 saturated carbocycles. The molecular formula is C21H28N4. The largest absolute Gasteiger partial charge is 0.374 e. The molecule has 0 aliphatic heterocycles. The van der Waals surface area contributed by atoms with Gasteiger partial charge in [-0.25, -0.2) is 0 Å². The van der Waals surface area contributed by atoms with Gasteiger partial charge in [-0.1, -0.05) is 42.5 Å². The van der Waals surface area contributed by atoms with Gasteiger partial charge in [0.2, 0.25) is 0 Å². The molecule has 2 aromatic carbocycles. The third-order valence-corrected chi connectivity index (χ3v) is 4.24. The number of anilines is 1. The molecular weight excluding hydrogens is 308 g/mol. The van der Waals surface area contributed by atoms with Crippen LogP contribution in [0.25, 0.3) is 0 Å². The number of nitrogens with one attached hydrogen (secondary N) is 1. The Labute approximate surface area is 151 Å². The molecule has 1 atom stereocenters. The van der Waals surface area contributed by atoms with E-state index >= 15 is 0 Å². The topological polar surface area (TPSA) is 42.3 Å². The van der Waals surface area contributed by atoms with E-state index in [4.69, 9.17) is 5.26 Å². The summed E-state index contributed by atoms with van der Waals surface area (Å²) in [7, 11) is 6.22. The zero-order valence-electron chi connectivity index (χ0n) is 15.4. The standard InChI is InChI=1S/C21H28N4/c1-24(2)17-21(19-8-5-4-6-9-19)23-16-18-10-12-20(13-11-18)25(3)15-7-14-22/h4-6,8-13,21,23H,7,15-17H2,1-3H3. The number of nitriles is 1. The first-order chi connectivity index (χ1) is 12.1. The highest BCUT2D eigenvalue weighted by atomic mass is 15.1. The molecule has 2 rings (SSSR count). The SMILES string of the molecule is CN(C)CC(NCc1ccc(N(C)CCC#N)cc1)c1ccccc1. The minimum atomic E-state index is 0.300. The molecule has 0 heterocycles. The molecule has 0 amide bonds. The van der Waals surface area contributed by atoms with Gasteiger partial charge in [0.15, 0.2) is 0 Å². The lowest BCUT2D eigenvalue weighted by Gasteiger charge is -2.23. The van der Waals surface area contributed by atoms with Crippen LogP contribution in [0, 0.1) is 11.3 Å². The zero-order valence-corrected chi connectivity index (χ0v) is 15.4. The summed E-state index contributed by atoms with van der Waals surface area (Å²) in [6.45, 7) is 2.54. The van der Waals surface area contributed by atoms with Crippen LogP contribution in [0.5, 0.6) is 0 Å². The maximum Gasteiger partial charge on any atom is 0.0640 e. The predicted molar refractivity (Wildman–Crippen MR) is 105 cm³/mol. The van der Waals surface area contributed by atoms with Crippen molar-refractivity contribution < 1.29 is 0 Å². The average Bonchev–Trinajstić information content (AvgIpc) is 2.64. The fourth-order valence-corrected chi connectivity index (χ4v) is 2.79. The monoisotopic (exact) mass is 336 g/mol. The Morgan fingerprint density at radius 3 is 2.28 bits per heavy atom. The summed E-state index contributed by atoms with van der Waals surface area (Å²) in [5.74, 6) is 0. The Morgan fingerprint density at radius 1 is 1.00 bits per heavy atom. The van der Waals surface area contributed by atoms with Gasteiger partial charge in [0.05, 0.1) is 12.5 Å². The van der Waals surface area contributed by atoms with E-state index in [1.165, 1.54) is 11.1 Å². The van der Waals surface area contributed by atoms with Crippen molar-refractivity contribution in [1.29, 1.82) is 5.26 Å². The Bertz CT molecular complexity index is 659. The predicted octanol–water partition coefficient (Wildman–Crippen LogP) is 3.43. The van der Waals surface area contributed by atoms with Gasteiger partial charge in [-0.05, 0) is 37.4 Å². The van der Waals surface area contributed by atoms with Crippen LogP contribution < -0.4 is 10.2 Å². The summed E-state index contributed by atoms with van der Waals surface area (Å²) in [6.07, 6.45) is 0.545. The highest BCUT2D eigenvalue weighted by Crippen LogP contribution is 2.17. The van der Waals surface area contributed by atoms with Crippen LogP contribution in [0.4, 0.5) is 5.69 Å². The number of benzene rings is 2. The number of nitrogens with zero attached hydrogens (tertiary/aromatic N) is 3. The van der Waals surface area contributed by atoms with Crippen molar-refractivity contribution in [2.75, 3.05) is 39.1 Å². The lowest BCUT2D eigenvalue weighted by atomic mass is 10.1. The number of hydrogen-bond acceptors (Lipinski definition) is 4. The van der Waals surface area contributed by atoms with Gasteiger partial charge < -0.3 is 15.1 Å². The van der Waals surface area contributed by atoms with Crippen LogP contribution in [0.3, 0.4) is 0 Å². The molecule has 1 N–H and O–H groups in total. The van der Waals surface area contributed by atoms with E-state index in [1.54, 1.807) is 0 Å². The van der Waals surface area contributed by atoms with Crippen molar-refractivity contribution >= 4 is 5.69 Å². The van der Waals surface area contributed by atoms with Crippen molar-refractivity contribution in [2.24, 2.45) is 0 Å². The van der Waals surface area contributed by atoms with Gasteiger partial charge in [0.1, 0.15) is 0 Å². The molecule has 0 saturated heterocycles. The third-order valence-electron chi connectivity index (χ3n) is 4.24. The minimum Gasteiger partial charge on any atom is -0.374 e. The summed E-state index contributed by atoms with van der Waals surface area (Å²) >= 11 is 0. The molecule has 0 spiro atoms. The fraction of sp³-hybridized carbons (Fsp3) is 0.381. The van der Waals surface area contributed by atoms with E-state index in [1.807, 2.05) is 7.05 Å². The second-order valence-electron chi connectivity index (χ2n) is 6.60. The molecule has 25 heavy (non-hydrogen) atoms. The number of likely N-dealkylation sites (N-methyl/N-ethyl adjacent to an activating group) is 1. The normalized spacial score (nSPS) is 12.0. The summed E-state index contributed by atoms with van der Waals surface area (Å²) in [6, 6.07) is 21.6. The Balaban J connectivity index is 1.97. The van der Waals surface area contributed by atoms with Crippen LogP contribution in [0.1, 0.15) is 23.6 Å². The van der Waals surface area contributed by atoms with Gasteiger partial charge in [0.25, 0.3) is 0 Å². The maximum absolute atomic E-state index is 8.70. The molecule has 0 bridgehead atoms.